The molecule has 2 amide bonds. The molecule has 0 heterocycles. The van der Waals surface area contributed by atoms with Crippen LogP contribution in [0.2, 0.25) is 0 Å². The fourth-order valence-electron chi connectivity index (χ4n) is 12.2. The van der Waals surface area contributed by atoms with Gasteiger partial charge in [-0.25, -0.2) is 13.6 Å². The summed E-state index contributed by atoms with van der Waals surface area (Å²) < 4.78 is 40.1. The van der Waals surface area contributed by atoms with E-state index < -0.39 is 39.6 Å². The second-order valence-corrected chi connectivity index (χ2v) is 17.9. The van der Waals surface area contributed by atoms with Crippen LogP contribution in [0.15, 0.2) is 90.5 Å². The topological polar surface area (TPSA) is 108 Å². The molecule has 302 valence electrons. The number of methoxy groups -OCH3 is 2. The number of rotatable bonds is 10. The first-order valence-corrected chi connectivity index (χ1v) is 20.3. The number of benzene rings is 3. The van der Waals surface area contributed by atoms with Crippen molar-refractivity contribution in [1.29, 1.82) is 0 Å². The number of hydrogen-bond acceptors (Lipinski definition) is 6. The van der Waals surface area contributed by atoms with Gasteiger partial charge < -0.3 is 29.9 Å². The highest BCUT2D eigenvalue weighted by atomic mass is 19.2. The van der Waals surface area contributed by atoms with Gasteiger partial charge in [0.25, 0.3) is 0 Å². The van der Waals surface area contributed by atoms with Crippen molar-refractivity contribution in [1.82, 2.24) is 10.2 Å². The monoisotopic (exact) mass is 780 g/mol. The molecule has 3 aromatic carbocycles. The Labute approximate surface area is 333 Å². The first-order valence-electron chi connectivity index (χ1n) is 20.3. The van der Waals surface area contributed by atoms with Crippen molar-refractivity contribution in [2.24, 2.45) is 33.5 Å². The lowest BCUT2D eigenvalue weighted by Crippen LogP contribution is -2.67. The average molecular weight is 781 g/mol. The van der Waals surface area contributed by atoms with E-state index in [0.29, 0.717) is 55.6 Å². The number of allylic oxidation sites excluding steroid dienone is 4. The van der Waals surface area contributed by atoms with Gasteiger partial charge in [0.1, 0.15) is 11.5 Å². The molecule has 8 nitrogen and oxygen atoms in total. The largest absolute Gasteiger partial charge is 0.497 e. The standard InChI is InChI=1S/C47H54F2N2O6/c1-29(30-9-7-6-8-10-30)50-42(54)51(27-32-11-13-34(56-4)24-38(32)57-5)28-46(55)20-17-40-44(46,3)19-16-39-43(2)18-15-33(52)25-45(43)21-22-47(39,40)35(26-45)41(53)31-12-14-36(48)37(49)23-31/h6-14,21-24,26,29,33,39-40,52,55H,15-20,25,27-28H2,1-5H3,(H,50,54). The summed E-state index contributed by atoms with van der Waals surface area (Å²) in [5.74, 6) is -1.49. The van der Waals surface area contributed by atoms with E-state index in [4.69, 9.17) is 9.47 Å². The number of hydrogen-bond donors (Lipinski definition) is 3. The number of fused-ring (bicyclic) bond motifs is 1. The number of ketones is 1. The molecule has 57 heavy (non-hydrogen) atoms. The van der Waals surface area contributed by atoms with Crippen LogP contribution >= 0.6 is 0 Å². The summed E-state index contributed by atoms with van der Waals surface area (Å²) in [7, 11) is 3.16. The third-order valence-corrected chi connectivity index (χ3v) is 15.4. The maximum Gasteiger partial charge on any atom is 0.318 e. The van der Waals surface area contributed by atoms with Crippen LogP contribution in [0.5, 0.6) is 11.5 Å². The van der Waals surface area contributed by atoms with Gasteiger partial charge in [0.05, 0.1) is 45.1 Å². The van der Waals surface area contributed by atoms with E-state index in [1.165, 1.54) is 6.07 Å². The number of nitrogens with one attached hydrogen (secondary N) is 1. The zero-order chi connectivity index (χ0) is 40.5. The first-order chi connectivity index (χ1) is 27.1. The molecule has 9 rings (SSSR count). The lowest BCUT2D eigenvalue weighted by atomic mass is 9.32. The molecule has 0 radical (unpaired) electrons. The Kier molecular flexibility index (Phi) is 9.71. The Bertz CT molecular complexity index is 2140. The zero-order valence-electron chi connectivity index (χ0n) is 33.5. The quantitative estimate of drug-likeness (QED) is 0.140. The van der Waals surface area contributed by atoms with E-state index in [1.54, 1.807) is 25.2 Å². The van der Waals surface area contributed by atoms with E-state index in [-0.39, 0.29) is 53.8 Å². The molecule has 2 bridgehead atoms. The SMILES string of the molecule is COc1ccc(CN(CC2(O)CCC3C45C=CC6(C=C4C(=O)c4ccc(F)c(F)c4)CC(O)CCC6(C)C5CCC32C)C(=O)NC(C)c2ccccc2)c(OC)c1. The minimum absolute atomic E-state index is 0.00635. The van der Waals surface area contributed by atoms with E-state index in [2.05, 4.69) is 37.4 Å². The summed E-state index contributed by atoms with van der Waals surface area (Å²) >= 11 is 0. The molecule has 2 spiro atoms. The van der Waals surface area contributed by atoms with Crippen LogP contribution in [0, 0.1) is 45.1 Å². The maximum atomic E-state index is 14.8. The summed E-state index contributed by atoms with van der Waals surface area (Å²) in [6.07, 6.45) is 10.2. The Morgan fingerprint density at radius 3 is 2.33 bits per heavy atom. The van der Waals surface area contributed by atoms with Gasteiger partial charge >= 0.3 is 6.03 Å². The number of urea groups is 1. The summed E-state index contributed by atoms with van der Waals surface area (Å²) in [4.78, 5) is 31.0. The van der Waals surface area contributed by atoms with Crippen molar-refractivity contribution in [3.63, 3.8) is 0 Å². The summed E-state index contributed by atoms with van der Waals surface area (Å²) in [6.45, 7) is 6.52. The van der Waals surface area contributed by atoms with Crippen molar-refractivity contribution in [3.8, 4) is 11.5 Å². The predicted octanol–water partition coefficient (Wildman–Crippen LogP) is 8.73. The number of Topliss-reactive ketones (excluding diaryl/α,β-unsaturated/α-hetero) is 1. The molecule has 6 aliphatic carbocycles. The normalized spacial score (nSPS) is 34.0. The highest BCUT2D eigenvalue weighted by molar-refractivity contribution is 6.10. The number of carbonyl (C=O) groups is 2. The van der Waals surface area contributed by atoms with Gasteiger partial charge in [-0.2, -0.15) is 0 Å². The lowest BCUT2D eigenvalue weighted by molar-refractivity contribution is -0.174. The highest BCUT2D eigenvalue weighted by Crippen LogP contribution is 2.78. The van der Waals surface area contributed by atoms with E-state index in [1.807, 2.05) is 49.4 Å². The van der Waals surface area contributed by atoms with Gasteiger partial charge in [0, 0.05) is 39.0 Å². The van der Waals surface area contributed by atoms with Gasteiger partial charge in [-0.05, 0) is 105 Å². The zero-order valence-corrected chi connectivity index (χ0v) is 33.5. The van der Waals surface area contributed by atoms with Crippen LogP contribution in [-0.2, 0) is 6.54 Å². The molecular weight excluding hydrogens is 727 g/mol. The minimum Gasteiger partial charge on any atom is -0.497 e. The fraction of sp³-hybridized carbons (Fsp3) is 0.489. The molecule has 0 saturated heterocycles. The number of aliphatic hydroxyl groups is 2. The Morgan fingerprint density at radius 2 is 1.61 bits per heavy atom. The smallest absolute Gasteiger partial charge is 0.318 e. The highest BCUT2D eigenvalue weighted by Gasteiger charge is 2.74. The molecule has 6 aliphatic rings. The predicted molar refractivity (Wildman–Crippen MR) is 213 cm³/mol. The second-order valence-electron chi connectivity index (χ2n) is 17.9. The van der Waals surface area contributed by atoms with E-state index in [9.17, 15) is 28.6 Å². The van der Waals surface area contributed by atoms with Gasteiger partial charge in [-0.15, -0.1) is 0 Å². The average Bonchev–Trinajstić information content (AvgIpc) is 3.48. The van der Waals surface area contributed by atoms with Crippen molar-refractivity contribution >= 4 is 11.8 Å². The summed E-state index contributed by atoms with van der Waals surface area (Å²) in [6, 6.07) is 17.9. The van der Waals surface area contributed by atoms with Crippen LogP contribution in [0.25, 0.3) is 0 Å². The number of ether oxygens (including phenoxy) is 2. The van der Waals surface area contributed by atoms with Crippen molar-refractivity contribution in [2.45, 2.75) is 90.0 Å². The third-order valence-electron chi connectivity index (χ3n) is 15.4. The molecule has 9 atom stereocenters. The molecule has 3 N–H and O–H groups in total. The Hall–Kier alpha value is -4.54. The van der Waals surface area contributed by atoms with Crippen molar-refractivity contribution in [3.05, 3.63) is 119 Å². The van der Waals surface area contributed by atoms with Crippen LogP contribution in [0.3, 0.4) is 0 Å². The fourth-order valence-corrected chi connectivity index (χ4v) is 12.2. The molecule has 3 saturated carbocycles. The number of aliphatic hydroxyl groups excluding tert-OH is 1. The van der Waals surface area contributed by atoms with E-state index >= 15 is 0 Å². The Morgan fingerprint density at radius 1 is 0.895 bits per heavy atom. The first kappa shape index (κ1) is 39.3. The molecule has 10 heteroatoms. The van der Waals surface area contributed by atoms with Gasteiger partial charge in [-0.1, -0.05) is 62.4 Å². The summed E-state index contributed by atoms with van der Waals surface area (Å²) in [5.41, 5.74) is -1.46. The van der Waals surface area contributed by atoms with Gasteiger partial charge in [0.2, 0.25) is 0 Å². The Balaban J connectivity index is 1.19. The van der Waals surface area contributed by atoms with Crippen LogP contribution < -0.4 is 14.8 Å². The number of nitrogens with zero attached hydrogens (tertiary/aromatic N) is 1. The lowest BCUT2D eigenvalue weighted by Gasteiger charge is -2.71. The van der Waals surface area contributed by atoms with Crippen LogP contribution in [-0.4, -0.2) is 59.4 Å². The molecule has 3 aromatic rings. The number of halogens is 2. The molecule has 0 aromatic heterocycles. The molecular formula is C47H54F2N2O6. The maximum absolute atomic E-state index is 14.8. The van der Waals surface area contributed by atoms with Crippen molar-refractivity contribution in [2.75, 3.05) is 20.8 Å². The van der Waals surface area contributed by atoms with Crippen LogP contribution in [0.4, 0.5) is 13.6 Å². The van der Waals surface area contributed by atoms with E-state index in [0.717, 1.165) is 29.7 Å². The van der Waals surface area contributed by atoms with Crippen molar-refractivity contribution < 1.29 is 38.1 Å². The molecule has 0 aliphatic heterocycles. The van der Waals surface area contributed by atoms with Gasteiger partial charge in [-0.3, -0.25) is 4.79 Å². The van der Waals surface area contributed by atoms with Gasteiger partial charge in [0.15, 0.2) is 17.4 Å². The number of carbonyl (C=O) groups excluding carboxylic acids is 2. The number of amides is 2. The third kappa shape index (κ3) is 5.95. The minimum atomic E-state index is -1.36. The molecule has 3 fully saturated rings. The molecule has 9 unspecified atom stereocenters. The summed E-state index contributed by atoms with van der Waals surface area (Å²) in [5, 5.41) is 27.4. The van der Waals surface area contributed by atoms with Crippen LogP contribution in [0.1, 0.15) is 93.2 Å². The second kappa shape index (κ2) is 14.1.